The van der Waals surface area contributed by atoms with Gasteiger partial charge in [0.25, 0.3) is 0 Å². The first-order chi connectivity index (χ1) is 14.6. The van der Waals surface area contributed by atoms with E-state index in [4.69, 9.17) is 9.72 Å². The highest BCUT2D eigenvalue weighted by atomic mass is 32.1. The molecule has 0 radical (unpaired) electrons. The van der Waals surface area contributed by atoms with Crippen LogP contribution in [-0.4, -0.2) is 24.5 Å². The maximum atomic E-state index is 13.2. The molecule has 0 aliphatic rings. The average Bonchev–Trinajstić information content (AvgIpc) is 3.22. The molecule has 0 aliphatic heterocycles. The van der Waals surface area contributed by atoms with Gasteiger partial charge in [0.1, 0.15) is 5.75 Å². The number of fused-ring (bicyclic) bond motifs is 1. The monoisotopic (exact) mass is 417 g/mol. The number of thiazole rings is 1. The summed E-state index contributed by atoms with van der Waals surface area (Å²) in [6.45, 7) is 2.67. The van der Waals surface area contributed by atoms with Crippen LogP contribution in [0.4, 0.5) is 10.8 Å². The molecule has 6 heteroatoms. The number of carbonyl (C=O) groups excluding carboxylic acids is 1. The molecule has 1 aromatic heterocycles. The first-order valence-corrected chi connectivity index (χ1v) is 10.5. The molecule has 0 saturated carbocycles. The van der Waals surface area contributed by atoms with Crippen molar-refractivity contribution in [1.29, 1.82) is 0 Å². The number of benzene rings is 3. The lowest BCUT2D eigenvalue weighted by atomic mass is 10.2. The number of anilines is 2. The van der Waals surface area contributed by atoms with Crippen LogP contribution in [0.3, 0.4) is 0 Å². The largest absolute Gasteiger partial charge is 0.497 e. The van der Waals surface area contributed by atoms with Gasteiger partial charge in [-0.05, 0) is 36.2 Å². The molecule has 0 spiro atoms. The van der Waals surface area contributed by atoms with Crippen LogP contribution < -0.4 is 15.0 Å². The van der Waals surface area contributed by atoms with E-state index in [1.165, 1.54) is 0 Å². The second kappa shape index (κ2) is 8.97. The van der Waals surface area contributed by atoms with Crippen LogP contribution in [0, 0.1) is 6.92 Å². The number of methoxy groups -OCH3 is 1. The zero-order valence-electron chi connectivity index (χ0n) is 17.0. The molecule has 3 aromatic carbocycles. The summed E-state index contributed by atoms with van der Waals surface area (Å²) >= 11 is 1.54. The van der Waals surface area contributed by atoms with Gasteiger partial charge in [-0.2, -0.15) is 0 Å². The van der Waals surface area contributed by atoms with Gasteiger partial charge in [-0.15, -0.1) is 0 Å². The van der Waals surface area contributed by atoms with Crippen molar-refractivity contribution < 1.29 is 9.53 Å². The fourth-order valence-electron chi connectivity index (χ4n) is 3.22. The molecule has 4 rings (SSSR count). The summed E-state index contributed by atoms with van der Waals surface area (Å²) in [7, 11) is 1.63. The standard InChI is InChI=1S/C24H23N3O2S/c1-17-8-6-13-21-23(17)26-24(30-21)27(16-18-9-4-3-5-10-18)22(28)15-25-19-11-7-12-20(14-19)29-2/h3-14,25H,15-16H2,1-2H3. The van der Waals surface area contributed by atoms with Gasteiger partial charge in [0, 0.05) is 11.8 Å². The Kier molecular flexibility index (Phi) is 5.95. The topological polar surface area (TPSA) is 54.5 Å². The summed E-state index contributed by atoms with van der Waals surface area (Å²) in [5.41, 5.74) is 3.95. The summed E-state index contributed by atoms with van der Waals surface area (Å²) < 4.78 is 6.34. The Morgan fingerprint density at radius 3 is 2.63 bits per heavy atom. The molecule has 0 fully saturated rings. The molecule has 0 bridgehead atoms. The van der Waals surface area contributed by atoms with E-state index in [9.17, 15) is 4.79 Å². The maximum absolute atomic E-state index is 13.2. The highest BCUT2D eigenvalue weighted by Gasteiger charge is 2.20. The Labute approximate surface area is 179 Å². The van der Waals surface area contributed by atoms with Crippen molar-refractivity contribution in [3.05, 3.63) is 83.9 Å². The number of hydrogen-bond acceptors (Lipinski definition) is 5. The van der Waals surface area contributed by atoms with Crippen LogP contribution in [0.2, 0.25) is 0 Å². The molecule has 0 aliphatic carbocycles. The minimum absolute atomic E-state index is 0.0432. The number of ether oxygens (including phenoxy) is 1. The first kappa shape index (κ1) is 19.9. The second-order valence-electron chi connectivity index (χ2n) is 6.97. The van der Waals surface area contributed by atoms with Crippen LogP contribution in [0.1, 0.15) is 11.1 Å². The first-order valence-electron chi connectivity index (χ1n) is 9.72. The Morgan fingerprint density at radius 2 is 1.87 bits per heavy atom. The molecule has 1 heterocycles. The van der Waals surface area contributed by atoms with E-state index in [1.807, 2.05) is 79.7 Å². The van der Waals surface area contributed by atoms with E-state index in [0.29, 0.717) is 11.7 Å². The number of nitrogens with zero attached hydrogens (tertiary/aromatic N) is 2. The molecule has 30 heavy (non-hydrogen) atoms. The van der Waals surface area contributed by atoms with Crippen LogP contribution in [0.15, 0.2) is 72.8 Å². The van der Waals surface area contributed by atoms with Gasteiger partial charge in [0.05, 0.1) is 30.4 Å². The van der Waals surface area contributed by atoms with Crippen molar-refractivity contribution in [1.82, 2.24) is 4.98 Å². The number of hydrogen-bond donors (Lipinski definition) is 1. The van der Waals surface area contributed by atoms with E-state index in [-0.39, 0.29) is 12.5 Å². The normalized spacial score (nSPS) is 10.7. The zero-order chi connectivity index (χ0) is 20.9. The van der Waals surface area contributed by atoms with Crippen molar-refractivity contribution >= 4 is 38.3 Å². The van der Waals surface area contributed by atoms with Gasteiger partial charge in [0.15, 0.2) is 5.13 Å². The minimum Gasteiger partial charge on any atom is -0.497 e. The SMILES string of the molecule is COc1cccc(NCC(=O)N(Cc2ccccc2)c2nc3c(C)cccc3s2)c1. The highest BCUT2D eigenvalue weighted by Crippen LogP contribution is 2.31. The van der Waals surface area contributed by atoms with Crippen LogP contribution >= 0.6 is 11.3 Å². The molecular weight excluding hydrogens is 394 g/mol. The quantitative estimate of drug-likeness (QED) is 0.446. The second-order valence-corrected chi connectivity index (χ2v) is 7.98. The van der Waals surface area contributed by atoms with E-state index in [2.05, 4.69) is 5.32 Å². The van der Waals surface area contributed by atoms with Gasteiger partial charge in [-0.25, -0.2) is 4.98 Å². The summed E-state index contributed by atoms with van der Waals surface area (Å²) in [5.74, 6) is 0.702. The number of para-hydroxylation sites is 1. The summed E-state index contributed by atoms with van der Waals surface area (Å²) in [6, 6.07) is 23.6. The van der Waals surface area contributed by atoms with Crippen molar-refractivity contribution in [2.45, 2.75) is 13.5 Å². The smallest absolute Gasteiger partial charge is 0.248 e. The fourth-order valence-corrected chi connectivity index (χ4v) is 4.28. The fraction of sp³-hybridized carbons (Fsp3) is 0.167. The van der Waals surface area contributed by atoms with Crippen molar-refractivity contribution in [2.75, 3.05) is 23.9 Å². The number of amides is 1. The molecule has 0 unspecified atom stereocenters. The van der Waals surface area contributed by atoms with Crippen LogP contribution in [0.25, 0.3) is 10.2 Å². The van der Waals surface area contributed by atoms with E-state index >= 15 is 0 Å². The third kappa shape index (κ3) is 4.44. The van der Waals surface area contributed by atoms with E-state index in [0.717, 1.165) is 32.8 Å². The summed E-state index contributed by atoms with van der Waals surface area (Å²) in [5, 5.41) is 3.91. The lowest BCUT2D eigenvalue weighted by molar-refractivity contribution is -0.117. The maximum Gasteiger partial charge on any atom is 0.248 e. The van der Waals surface area contributed by atoms with Crippen molar-refractivity contribution in [3.63, 3.8) is 0 Å². The molecule has 1 amide bonds. The lowest BCUT2D eigenvalue weighted by Crippen LogP contribution is -2.35. The number of aryl methyl sites for hydroxylation is 1. The Hall–Kier alpha value is -3.38. The molecular formula is C24H23N3O2S. The third-order valence-corrected chi connectivity index (χ3v) is 5.88. The van der Waals surface area contributed by atoms with Gasteiger partial charge >= 0.3 is 0 Å². The number of carbonyl (C=O) groups is 1. The number of rotatable bonds is 7. The van der Waals surface area contributed by atoms with E-state index in [1.54, 1.807) is 23.3 Å². The van der Waals surface area contributed by atoms with Gasteiger partial charge < -0.3 is 10.1 Å². The predicted molar refractivity (Wildman–Crippen MR) is 123 cm³/mol. The molecule has 1 N–H and O–H groups in total. The predicted octanol–water partition coefficient (Wildman–Crippen LogP) is 5.26. The minimum atomic E-state index is -0.0432. The van der Waals surface area contributed by atoms with Crippen molar-refractivity contribution in [3.8, 4) is 5.75 Å². The molecule has 0 saturated heterocycles. The van der Waals surface area contributed by atoms with Crippen LogP contribution in [0.5, 0.6) is 5.75 Å². The van der Waals surface area contributed by atoms with Gasteiger partial charge in [0.2, 0.25) is 5.91 Å². The molecule has 0 atom stereocenters. The highest BCUT2D eigenvalue weighted by molar-refractivity contribution is 7.22. The lowest BCUT2D eigenvalue weighted by Gasteiger charge is -2.20. The Bertz CT molecular complexity index is 1160. The molecule has 152 valence electrons. The number of nitrogens with one attached hydrogen (secondary N) is 1. The van der Waals surface area contributed by atoms with Crippen molar-refractivity contribution in [2.24, 2.45) is 0 Å². The van der Waals surface area contributed by atoms with E-state index < -0.39 is 0 Å². The average molecular weight is 418 g/mol. The Balaban J connectivity index is 1.60. The number of aromatic nitrogens is 1. The zero-order valence-corrected chi connectivity index (χ0v) is 17.8. The van der Waals surface area contributed by atoms with Gasteiger partial charge in [-0.1, -0.05) is 59.9 Å². The summed E-state index contributed by atoms with van der Waals surface area (Å²) in [6.07, 6.45) is 0. The Morgan fingerprint density at radius 1 is 1.07 bits per heavy atom. The third-order valence-electron chi connectivity index (χ3n) is 4.84. The van der Waals surface area contributed by atoms with Gasteiger partial charge in [-0.3, -0.25) is 9.69 Å². The van der Waals surface area contributed by atoms with Crippen LogP contribution in [-0.2, 0) is 11.3 Å². The molecule has 5 nitrogen and oxygen atoms in total. The molecule has 4 aromatic rings. The summed E-state index contributed by atoms with van der Waals surface area (Å²) in [4.78, 5) is 19.8.